The lowest BCUT2D eigenvalue weighted by atomic mass is 10.1. The molecule has 1 saturated heterocycles. The zero-order chi connectivity index (χ0) is 16.1. The number of hydrogen-bond donors (Lipinski definition) is 3. The summed E-state index contributed by atoms with van der Waals surface area (Å²) in [5.74, 6) is -0.502. The van der Waals surface area contributed by atoms with Crippen LogP contribution in [0.1, 0.15) is 43.5 Å². The molecule has 2 rings (SSSR count). The van der Waals surface area contributed by atoms with Crippen LogP contribution in [0.5, 0.6) is 0 Å². The highest BCUT2D eigenvalue weighted by Gasteiger charge is 2.17. The molecule has 1 aliphatic rings. The lowest BCUT2D eigenvalue weighted by Crippen LogP contribution is -2.35. The summed E-state index contributed by atoms with van der Waals surface area (Å²) in [4.78, 5) is 25.6. The highest BCUT2D eigenvalue weighted by atomic mass is 16.2. The van der Waals surface area contributed by atoms with Gasteiger partial charge in [0.05, 0.1) is 11.4 Å². The van der Waals surface area contributed by atoms with Gasteiger partial charge in [-0.3, -0.25) is 4.79 Å². The summed E-state index contributed by atoms with van der Waals surface area (Å²) >= 11 is 0. The molecule has 0 unspecified atom stereocenters. The number of primary amides is 1. The quantitative estimate of drug-likeness (QED) is 0.797. The van der Waals surface area contributed by atoms with Gasteiger partial charge in [-0.2, -0.15) is 0 Å². The zero-order valence-electron chi connectivity index (χ0n) is 13.2. The molecule has 6 heteroatoms. The standard InChI is InChI=1S/C16H24N4O2/c1-11(2)18-16(22)19-13-10-12(15(17)21)6-7-14(13)20-8-4-3-5-9-20/h6-7,10-11H,3-5,8-9H2,1-2H3,(H2,17,21)(H2,18,19,22). The molecule has 0 aliphatic carbocycles. The highest BCUT2D eigenvalue weighted by molar-refractivity contribution is 5.98. The maximum Gasteiger partial charge on any atom is 0.319 e. The van der Waals surface area contributed by atoms with Crippen molar-refractivity contribution in [2.75, 3.05) is 23.3 Å². The lowest BCUT2D eigenvalue weighted by Gasteiger charge is -2.30. The normalized spacial score (nSPS) is 14.8. The van der Waals surface area contributed by atoms with Crippen molar-refractivity contribution in [3.05, 3.63) is 23.8 Å². The summed E-state index contributed by atoms with van der Waals surface area (Å²) in [6.45, 7) is 5.70. The Morgan fingerprint density at radius 3 is 2.45 bits per heavy atom. The third-order valence-electron chi connectivity index (χ3n) is 3.65. The van der Waals surface area contributed by atoms with Gasteiger partial charge in [0.15, 0.2) is 0 Å². The van der Waals surface area contributed by atoms with Gasteiger partial charge in [0.1, 0.15) is 0 Å². The van der Waals surface area contributed by atoms with E-state index < -0.39 is 5.91 Å². The molecule has 1 aromatic carbocycles. The number of benzene rings is 1. The minimum atomic E-state index is -0.502. The first-order valence-electron chi connectivity index (χ1n) is 7.73. The van der Waals surface area contributed by atoms with Crippen LogP contribution in [0.15, 0.2) is 18.2 Å². The van der Waals surface area contributed by atoms with Gasteiger partial charge >= 0.3 is 6.03 Å². The van der Waals surface area contributed by atoms with E-state index >= 15 is 0 Å². The number of carbonyl (C=O) groups is 2. The van der Waals surface area contributed by atoms with Crippen LogP contribution in [0.3, 0.4) is 0 Å². The van der Waals surface area contributed by atoms with Crippen LogP contribution in [0.4, 0.5) is 16.2 Å². The number of carbonyl (C=O) groups excluding carboxylic acids is 2. The number of nitrogens with zero attached hydrogens (tertiary/aromatic N) is 1. The number of urea groups is 1. The highest BCUT2D eigenvalue weighted by Crippen LogP contribution is 2.29. The van der Waals surface area contributed by atoms with Gasteiger partial charge in [-0.25, -0.2) is 4.79 Å². The van der Waals surface area contributed by atoms with E-state index in [0.29, 0.717) is 11.3 Å². The first-order chi connectivity index (χ1) is 10.5. The third kappa shape index (κ3) is 4.13. The minimum absolute atomic E-state index is 0.0396. The number of nitrogens with one attached hydrogen (secondary N) is 2. The van der Waals surface area contributed by atoms with Crippen LogP contribution in [0.2, 0.25) is 0 Å². The molecule has 3 amide bonds. The molecule has 1 heterocycles. The van der Waals surface area contributed by atoms with Gasteiger partial charge in [-0.15, -0.1) is 0 Å². The molecule has 22 heavy (non-hydrogen) atoms. The number of piperidine rings is 1. The van der Waals surface area contributed by atoms with Gasteiger partial charge in [0.2, 0.25) is 5.91 Å². The van der Waals surface area contributed by atoms with Crippen molar-refractivity contribution in [2.24, 2.45) is 5.73 Å². The van der Waals surface area contributed by atoms with Crippen molar-refractivity contribution >= 4 is 23.3 Å². The summed E-state index contributed by atoms with van der Waals surface area (Å²) in [5.41, 5.74) is 7.29. The summed E-state index contributed by atoms with van der Waals surface area (Å²) in [7, 11) is 0. The monoisotopic (exact) mass is 304 g/mol. The number of hydrogen-bond acceptors (Lipinski definition) is 3. The van der Waals surface area contributed by atoms with Crippen molar-refractivity contribution in [1.29, 1.82) is 0 Å². The van der Waals surface area contributed by atoms with E-state index in [-0.39, 0.29) is 12.1 Å². The molecule has 120 valence electrons. The predicted molar refractivity (Wildman–Crippen MR) is 88.3 cm³/mol. The maximum atomic E-state index is 12.0. The van der Waals surface area contributed by atoms with Crippen LogP contribution < -0.4 is 21.3 Å². The molecule has 1 aliphatic heterocycles. The van der Waals surface area contributed by atoms with Gasteiger partial charge in [0, 0.05) is 24.7 Å². The second kappa shape index (κ2) is 7.15. The molecule has 0 spiro atoms. The van der Waals surface area contributed by atoms with Crippen LogP contribution in [-0.2, 0) is 0 Å². The molecule has 0 radical (unpaired) electrons. The van der Waals surface area contributed by atoms with Crippen molar-refractivity contribution in [2.45, 2.75) is 39.2 Å². The number of rotatable bonds is 4. The Balaban J connectivity index is 2.27. The predicted octanol–water partition coefficient (Wildman–Crippen LogP) is 2.31. The molecular weight excluding hydrogens is 280 g/mol. The molecule has 1 fully saturated rings. The smallest absolute Gasteiger partial charge is 0.319 e. The first-order valence-corrected chi connectivity index (χ1v) is 7.73. The molecule has 4 N–H and O–H groups in total. The Labute approximate surface area is 131 Å². The molecule has 1 aromatic rings. The molecular formula is C16H24N4O2. The van der Waals surface area contributed by atoms with Gasteiger partial charge in [-0.1, -0.05) is 0 Å². The Hall–Kier alpha value is -2.24. The fourth-order valence-corrected chi connectivity index (χ4v) is 2.62. The third-order valence-corrected chi connectivity index (χ3v) is 3.65. The summed E-state index contributed by atoms with van der Waals surface area (Å²) < 4.78 is 0. The molecule has 0 bridgehead atoms. The number of nitrogens with two attached hydrogens (primary N) is 1. The Morgan fingerprint density at radius 1 is 1.18 bits per heavy atom. The SMILES string of the molecule is CC(C)NC(=O)Nc1cc(C(N)=O)ccc1N1CCCCC1. The van der Waals surface area contributed by atoms with E-state index in [1.54, 1.807) is 12.1 Å². The fraction of sp³-hybridized carbons (Fsp3) is 0.500. The van der Waals surface area contributed by atoms with Crippen molar-refractivity contribution in [1.82, 2.24) is 5.32 Å². The maximum absolute atomic E-state index is 12.0. The van der Waals surface area contributed by atoms with Crippen LogP contribution in [0, 0.1) is 0 Å². The van der Waals surface area contributed by atoms with Gasteiger partial charge in [0.25, 0.3) is 0 Å². The summed E-state index contributed by atoms with van der Waals surface area (Å²) in [6, 6.07) is 4.97. The molecule has 0 atom stereocenters. The summed E-state index contributed by atoms with van der Waals surface area (Å²) in [5, 5.41) is 5.62. The Morgan fingerprint density at radius 2 is 1.86 bits per heavy atom. The Kier molecular flexibility index (Phi) is 5.25. The van der Waals surface area contributed by atoms with E-state index in [9.17, 15) is 9.59 Å². The minimum Gasteiger partial charge on any atom is -0.370 e. The van der Waals surface area contributed by atoms with Crippen LogP contribution in [0.25, 0.3) is 0 Å². The molecule has 0 aromatic heterocycles. The largest absolute Gasteiger partial charge is 0.370 e. The number of amides is 3. The average Bonchev–Trinajstić information content (AvgIpc) is 2.47. The van der Waals surface area contributed by atoms with Crippen molar-refractivity contribution in [3.63, 3.8) is 0 Å². The second-order valence-corrected chi connectivity index (χ2v) is 5.90. The lowest BCUT2D eigenvalue weighted by molar-refractivity contribution is 0.100. The van der Waals surface area contributed by atoms with Gasteiger partial charge < -0.3 is 21.3 Å². The second-order valence-electron chi connectivity index (χ2n) is 5.90. The van der Waals surface area contributed by atoms with Crippen LogP contribution >= 0.6 is 0 Å². The summed E-state index contributed by atoms with van der Waals surface area (Å²) in [6.07, 6.45) is 3.50. The zero-order valence-corrected chi connectivity index (χ0v) is 13.2. The van der Waals surface area contributed by atoms with E-state index in [2.05, 4.69) is 15.5 Å². The van der Waals surface area contributed by atoms with Crippen LogP contribution in [-0.4, -0.2) is 31.1 Å². The van der Waals surface area contributed by atoms with Crippen molar-refractivity contribution < 1.29 is 9.59 Å². The molecule has 6 nitrogen and oxygen atoms in total. The Bertz CT molecular complexity index is 551. The first kappa shape index (κ1) is 16.1. The average molecular weight is 304 g/mol. The fourth-order valence-electron chi connectivity index (χ4n) is 2.62. The van der Waals surface area contributed by atoms with Crippen molar-refractivity contribution in [3.8, 4) is 0 Å². The topological polar surface area (TPSA) is 87.5 Å². The number of anilines is 2. The van der Waals surface area contributed by atoms with Gasteiger partial charge in [-0.05, 0) is 51.3 Å². The van der Waals surface area contributed by atoms with E-state index in [0.717, 1.165) is 31.6 Å². The van der Waals surface area contributed by atoms with E-state index in [1.165, 1.54) is 6.42 Å². The molecule has 0 saturated carbocycles. The van der Waals surface area contributed by atoms with E-state index in [1.807, 2.05) is 19.9 Å². The van der Waals surface area contributed by atoms with E-state index in [4.69, 9.17) is 5.73 Å².